The van der Waals surface area contributed by atoms with Crippen molar-refractivity contribution in [3.05, 3.63) is 58.5 Å². The van der Waals surface area contributed by atoms with Gasteiger partial charge in [-0.3, -0.25) is 4.79 Å². The summed E-state index contributed by atoms with van der Waals surface area (Å²) in [6.07, 6.45) is 5.49. The highest BCUT2D eigenvalue weighted by atomic mass is 35.5. The van der Waals surface area contributed by atoms with Gasteiger partial charge in [0.1, 0.15) is 11.6 Å². The summed E-state index contributed by atoms with van der Waals surface area (Å²) in [5.41, 5.74) is 1.42. The van der Waals surface area contributed by atoms with Gasteiger partial charge in [0.2, 0.25) is 0 Å². The lowest BCUT2D eigenvalue weighted by Gasteiger charge is -2.26. The molecule has 0 bridgehead atoms. The van der Waals surface area contributed by atoms with Crippen molar-refractivity contribution in [3.8, 4) is 0 Å². The number of aromatic nitrogens is 1. The van der Waals surface area contributed by atoms with Gasteiger partial charge in [0.05, 0.1) is 10.6 Å². The molecule has 1 amide bonds. The zero-order valence-electron chi connectivity index (χ0n) is 14.0. The van der Waals surface area contributed by atoms with Crippen LogP contribution in [0.25, 0.3) is 0 Å². The number of likely N-dealkylation sites (tertiary alicyclic amines) is 1. The van der Waals surface area contributed by atoms with Gasteiger partial charge in [-0.2, -0.15) is 0 Å². The molecule has 0 saturated carbocycles. The number of carbonyl (C=O) groups is 1. The van der Waals surface area contributed by atoms with Crippen LogP contribution in [-0.4, -0.2) is 35.4 Å². The molecule has 0 radical (unpaired) electrons. The van der Waals surface area contributed by atoms with E-state index < -0.39 is 0 Å². The first-order valence-electron chi connectivity index (χ1n) is 8.56. The van der Waals surface area contributed by atoms with E-state index in [2.05, 4.69) is 10.3 Å². The lowest BCUT2D eigenvalue weighted by molar-refractivity contribution is 0.0724. The Balaban J connectivity index is 1.58. The number of anilines is 1. The first kappa shape index (κ1) is 17.7. The molecule has 25 heavy (non-hydrogen) atoms. The molecule has 1 N–H and O–H groups in total. The molecule has 3 rings (SSSR count). The van der Waals surface area contributed by atoms with Gasteiger partial charge in [0.15, 0.2) is 0 Å². The summed E-state index contributed by atoms with van der Waals surface area (Å²) in [6.45, 7) is 2.17. The van der Waals surface area contributed by atoms with Crippen molar-refractivity contribution in [2.24, 2.45) is 0 Å². The highest BCUT2D eigenvalue weighted by molar-refractivity contribution is 6.33. The summed E-state index contributed by atoms with van der Waals surface area (Å²) < 4.78 is 13.2. The summed E-state index contributed by atoms with van der Waals surface area (Å²) >= 11 is 6.26. The largest absolute Gasteiger partial charge is 0.369 e. The number of piperidine rings is 1. The van der Waals surface area contributed by atoms with Crippen LogP contribution in [0.2, 0.25) is 5.02 Å². The minimum Gasteiger partial charge on any atom is -0.369 e. The van der Waals surface area contributed by atoms with Crippen molar-refractivity contribution in [1.29, 1.82) is 0 Å². The third-order valence-electron chi connectivity index (χ3n) is 4.33. The minimum atomic E-state index is -0.241. The Morgan fingerprint density at radius 1 is 1.24 bits per heavy atom. The van der Waals surface area contributed by atoms with Crippen LogP contribution >= 0.6 is 11.6 Å². The predicted molar refractivity (Wildman–Crippen MR) is 97.6 cm³/mol. The first-order valence-corrected chi connectivity index (χ1v) is 8.94. The van der Waals surface area contributed by atoms with E-state index in [1.165, 1.54) is 18.6 Å². The van der Waals surface area contributed by atoms with Crippen molar-refractivity contribution in [2.75, 3.05) is 25.0 Å². The lowest BCUT2D eigenvalue weighted by atomic mass is 10.1. The third-order valence-corrected chi connectivity index (χ3v) is 4.61. The fourth-order valence-corrected chi connectivity index (χ4v) is 3.22. The average molecular weight is 362 g/mol. The molecule has 0 aliphatic carbocycles. The summed E-state index contributed by atoms with van der Waals surface area (Å²) in [5.74, 6) is 0.280. The SMILES string of the molecule is O=C(c1cnc(NCCc2cccc(F)c2)c(Cl)c1)N1CCCCC1. The van der Waals surface area contributed by atoms with Crippen LogP contribution in [0, 0.1) is 5.82 Å². The number of benzene rings is 1. The molecule has 1 aromatic heterocycles. The fraction of sp³-hybridized carbons (Fsp3) is 0.368. The zero-order chi connectivity index (χ0) is 17.6. The van der Waals surface area contributed by atoms with Gasteiger partial charge in [-0.15, -0.1) is 0 Å². The van der Waals surface area contributed by atoms with Crippen molar-refractivity contribution in [1.82, 2.24) is 9.88 Å². The maximum absolute atomic E-state index is 13.2. The average Bonchev–Trinajstić information content (AvgIpc) is 2.63. The van der Waals surface area contributed by atoms with E-state index >= 15 is 0 Å². The monoisotopic (exact) mass is 361 g/mol. The molecule has 4 nitrogen and oxygen atoms in total. The zero-order valence-corrected chi connectivity index (χ0v) is 14.7. The summed E-state index contributed by atoms with van der Waals surface area (Å²) in [7, 11) is 0. The maximum atomic E-state index is 13.2. The van der Waals surface area contributed by atoms with E-state index in [0.29, 0.717) is 29.4 Å². The minimum absolute atomic E-state index is 0.0135. The quantitative estimate of drug-likeness (QED) is 0.869. The molecule has 0 atom stereocenters. The molecule has 132 valence electrons. The number of hydrogen-bond donors (Lipinski definition) is 1. The normalized spacial score (nSPS) is 14.4. The second-order valence-electron chi connectivity index (χ2n) is 6.21. The molecule has 0 spiro atoms. The molecule has 0 unspecified atom stereocenters. The molecular weight excluding hydrogens is 341 g/mol. The second kappa shape index (κ2) is 8.30. The summed E-state index contributed by atoms with van der Waals surface area (Å²) in [6, 6.07) is 8.16. The predicted octanol–water partition coefficient (Wildman–Crippen LogP) is 4.15. The molecule has 1 aliphatic heterocycles. The molecule has 6 heteroatoms. The Bertz CT molecular complexity index is 747. The van der Waals surface area contributed by atoms with Crippen molar-refractivity contribution in [3.63, 3.8) is 0 Å². The number of nitrogens with one attached hydrogen (secondary N) is 1. The van der Waals surface area contributed by atoms with Gasteiger partial charge in [-0.25, -0.2) is 9.37 Å². The van der Waals surface area contributed by atoms with Crippen LogP contribution in [-0.2, 0) is 6.42 Å². The Morgan fingerprint density at radius 3 is 2.76 bits per heavy atom. The van der Waals surface area contributed by atoms with E-state index in [1.54, 1.807) is 18.3 Å². The van der Waals surface area contributed by atoms with Crippen LogP contribution < -0.4 is 5.32 Å². The van der Waals surface area contributed by atoms with E-state index in [-0.39, 0.29) is 11.7 Å². The highest BCUT2D eigenvalue weighted by Gasteiger charge is 2.19. The molecule has 2 heterocycles. The Kier molecular flexibility index (Phi) is 5.87. The smallest absolute Gasteiger partial charge is 0.255 e. The lowest BCUT2D eigenvalue weighted by Crippen LogP contribution is -2.35. The standard InChI is InChI=1S/C19H21ClFN3O/c20-17-12-15(19(25)24-9-2-1-3-10-24)13-23-18(17)22-8-7-14-5-4-6-16(21)11-14/h4-6,11-13H,1-3,7-10H2,(H,22,23). The number of halogens is 2. The van der Waals surface area contributed by atoms with E-state index in [1.807, 2.05) is 11.0 Å². The van der Waals surface area contributed by atoms with E-state index in [4.69, 9.17) is 11.6 Å². The number of hydrogen-bond acceptors (Lipinski definition) is 3. The van der Waals surface area contributed by atoms with Gasteiger partial charge < -0.3 is 10.2 Å². The molecule has 2 aromatic rings. The number of rotatable bonds is 5. The number of carbonyl (C=O) groups excluding carboxylic acids is 1. The van der Waals surface area contributed by atoms with Gasteiger partial charge in [0, 0.05) is 25.8 Å². The van der Waals surface area contributed by atoms with Gasteiger partial charge in [-0.05, 0) is 49.4 Å². The molecule has 1 aromatic carbocycles. The van der Waals surface area contributed by atoms with Gasteiger partial charge in [0.25, 0.3) is 5.91 Å². The maximum Gasteiger partial charge on any atom is 0.255 e. The van der Waals surface area contributed by atoms with Crippen molar-refractivity contribution >= 4 is 23.3 Å². The second-order valence-corrected chi connectivity index (χ2v) is 6.62. The molecule has 1 aliphatic rings. The Labute approximate surface area is 152 Å². The summed E-state index contributed by atoms with van der Waals surface area (Å²) in [4.78, 5) is 18.6. The van der Waals surface area contributed by atoms with E-state index in [0.717, 1.165) is 31.5 Å². The van der Waals surface area contributed by atoms with Gasteiger partial charge >= 0.3 is 0 Å². The van der Waals surface area contributed by atoms with Crippen LogP contribution in [0.4, 0.5) is 10.2 Å². The third kappa shape index (κ3) is 4.69. The van der Waals surface area contributed by atoms with Gasteiger partial charge in [-0.1, -0.05) is 23.7 Å². The van der Waals surface area contributed by atoms with Crippen molar-refractivity contribution in [2.45, 2.75) is 25.7 Å². The number of pyridine rings is 1. The van der Waals surface area contributed by atoms with Crippen molar-refractivity contribution < 1.29 is 9.18 Å². The number of nitrogens with zero attached hydrogens (tertiary/aromatic N) is 2. The highest BCUT2D eigenvalue weighted by Crippen LogP contribution is 2.22. The Hall–Kier alpha value is -2.14. The Morgan fingerprint density at radius 2 is 2.04 bits per heavy atom. The van der Waals surface area contributed by atoms with Crippen LogP contribution in [0.5, 0.6) is 0 Å². The van der Waals surface area contributed by atoms with E-state index in [9.17, 15) is 9.18 Å². The topological polar surface area (TPSA) is 45.2 Å². The fourth-order valence-electron chi connectivity index (χ4n) is 2.98. The molecular formula is C19H21ClFN3O. The number of amides is 1. The first-order chi connectivity index (χ1) is 12.1. The molecule has 1 saturated heterocycles. The van der Waals surface area contributed by atoms with Crippen LogP contribution in [0.3, 0.4) is 0 Å². The van der Waals surface area contributed by atoms with Crippen LogP contribution in [0.1, 0.15) is 35.2 Å². The summed E-state index contributed by atoms with van der Waals surface area (Å²) in [5, 5.41) is 3.55. The molecule has 1 fully saturated rings. The van der Waals surface area contributed by atoms with Crippen LogP contribution in [0.15, 0.2) is 36.5 Å².